The smallest absolute Gasteiger partial charge is 0.247 e. The number of halogens is 1. The molecule has 0 fully saturated rings. The minimum atomic E-state index is -0.644. The standard InChI is InChI=1S/C20H14FN7O/c1-2-18(29)24-13-4-3-5-14(9-13)25-19-16(21)11-22-20(27-19)26-15-6-7-17-12(8-15)10-23-28-17/h2,4,6-11H,1H2,(H,23,28)(H,24,29)(H2,22,25,26,27). The average Bonchev–Trinajstić information content (AvgIpc) is 3.18. The first-order valence-electron chi connectivity index (χ1n) is 8.47. The maximum absolute atomic E-state index is 14.2. The Morgan fingerprint density at radius 2 is 2.10 bits per heavy atom. The van der Waals surface area contributed by atoms with Gasteiger partial charge in [-0.25, -0.2) is 9.37 Å². The van der Waals surface area contributed by atoms with Gasteiger partial charge in [-0.05, 0) is 36.4 Å². The third-order valence-corrected chi connectivity index (χ3v) is 3.88. The Morgan fingerprint density at radius 1 is 1.21 bits per heavy atom. The number of hydrogen-bond acceptors (Lipinski definition) is 6. The number of nitrogens with zero attached hydrogens (tertiary/aromatic N) is 3. The van der Waals surface area contributed by atoms with Crippen LogP contribution in [0.25, 0.3) is 10.9 Å². The van der Waals surface area contributed by atoms with E-state index in [2.05, 4.69) is 54.8 Å². The molecule has 29 heavy (non-hydrogen) atoms. The van der Waals surface area contributed by atoms with Gasteiger partial charge in [-0.3, -0.25) is 9.89 Å². The molecule has 142 valence electrons. The molecule has 0 unspecified atom stereocenters. The highest BCUT2D eigenvalue weighted by molar-refractivity contribution is 5.99. The van der Waals surface area contributed by atoms with Crippen LogP contribution < -0.4 is 16.0 Å². The summed E-state index contributed by atoms with van der Waals surface area (Å²) in [6, 6.07) is 14.2. The minimum Gasteiger partial charge on any atom is -0.331 e. The second-order valence-electron chi connectivity index (χ2n) is 5.93. The van der Waals surface area contributed by atoms with Crippen molar-refractivity contribution in [3.8, 4) is 0 Å². The van der Waals surface area contributed by atoms with Gasteiger partial charge < -0.3 is 16.0 Å². The number of anilines is 5. The lowest BCUT2D eigenvalue weighted by molar-refractivity contribution is -0.111. The first kappa shape index (κ1) is 17.9. The van der Waals surface area contributed by atoms with Crippen LogP contribution in [-0.2, 0) is 4.79 Å². The van der Waals surface area contributed by atoms with Gasteiger partial charge in [0.05, 0.1) is 29.3 Å². The maximum Gasteiger partial charge on any atom is 0.247 e. The van der Waals surface area contributed by atoms with Gasteiger partial charge in [0.2, 0.25) is 11.9 Å². The van der Waals surface area contributed by atoms with E-state index >= 15 is 0 Å². The van der Waals surface area contributed by atoms with Crippen LogP contribution in [0.1, 0.15) is 0 Å². The van der Waals surface area contributed by atoms with Crippen molar-refractivity contribution in [1.29, 1.82) is 0 Å². The molecule has 2 heterocycles. The van der Waals surface area contributed by atoms with Crippen LogP contribution in [0.5, 0.6) is 0 Å². The lowest BCUT2D eigenvalue weighted by atomic mass is 10.2. The van der Waals surface area contributed by atoms with Crippen LogP contribution in [0.15, 0.2) is 55.4 Å². The third-order valence-electron chi connectivity index (χ3n) is 3.88. The van der Waals surface area contributed by atoms with E-state index < -0.39 is 5.82 Å². The van der Waals surface area contributed by atoms with Gasteiger partial charge in [-0.15, -0.1) is 0 Å². The zero-order chi connectivity index (χ0) is 20.2. The first-order valence-corrected chi connectivity index (χ1v) is 8.47. The topological polar surface area (TPSA) is 108 Å². The van der Waals surface area contributed by atoms with E-state index in [-0.39, 0.29) is 17.7 Å². The third kappa shape index (κ3) is 4.12. The number of hydrogen-bond donors (Lipinski definition) is 4. The van der Waals surface area contributed by atoms with Crippen molar-refractivity contribution in [2.75, 3.05) is 16.0 Å². The Kier molecular flexibility index (Phi) is 4.74. The Hall–Kier alpha value is -4.45. The van der Waals surface area contributed by atoms with E-state index in [4.69, 9.17) is 0 Å². The van der Waals surface area contributed by atoms with Crippen LogP contribution >= 0.6 is 0 Å². The molecule has 1 amide bonds. The zero-order valence-corrected chi connectivity index (χ0v) is 15.0. The molecule has 0 bridgehead atoms. The molecule has 0 spiro atoms. The SMILES string of the molecule is C=CC(=O)Nc1cc#cc(Nc2nc(Nc3ccc4[nH]ncc4c3)ncc2F)c1. The summed E-state index contributed by atoms with van der Waals surface area (Å²) in [5.74, 6) is -0.861. The summed E-state index contributed by atoms with van der Waals surface area (Å²) < 4.78 is 14.2. The molecule has 2 aromatic carbocycles. The fraction of sp³-hybridized carbons (Fsp3) is 0. The quantitative estimate of drug-likeness (QED) is 0.376. The first-order chi connectivity index (χ1) is 14.1. The van der Waals surface area contributed by atoms with E-state index in [1.165, 1.54) is 6.07 Å². The van der Waals surface area contributed by atoms with Crippen molar-refractivity contribution in [3.63, 3.8) is 0 Å². The number of aromatic amines is 1. The highest BCUT2D eigenvalue weighted by Crippen LogP contribution is 2.22. The molecular weight excluding hydrogens is 373 g/mol. The van der Waals surface area contributed by atoms with Crippen molar-refractivity contribution < 1.29 is 9.18 Å². The van der Waals surface area contributed by atoms with E-state index in [1.54, 1.807) is 12.3 Å². The van der Waals surface area contributed by atoms with Gasteiger partial charge in [-0.1, -0.05) is 12.6 Å². The molecule has 0 atom stereocenters. The number of nitrogens with one attached hydrogen (secondary N) is 4. The summed E-state index contributed by atoms with van der Waals surface area (Å²) in [6.07, 6.45) is 3.90. The molecule has 0 aliphatic carbocycles. The number of benzene rings is 1. The molecule has 2 aromatic heterocycles. The molecule has 0 aliphatic rings. The van der Waals surface area contributed by atoms with Gasteiger partial charge in [0, 0.05) is 17.1 Å². The maximum atomic E-state index is 14.2. The van der Waals surface area contributed by atoms with Gasteiger partial charge in [-0.2, -0.15) is 10.1 Å². The highest BCUT2D eigenvalue weighted by atomic mass is 19.1. The molecule has 4 rings (SSSR count). The number of aromatic nitrogens is 4. The van der Waals surface area contributed by atoms with Gasteiger partial charge in [0.1, 0.15) is 0 Å². The zero-order valence-electron chi connectivity index (χ0n) is 15.0. The van der Waals surface area contributed by atoms with Crippen molar-refractivity contribution in [2.45, 2.75) is 0 Å². The van der Waals surface area contributed by atoms with E-state index in [1.807, 2.05) is 18.2 Å². The summed E-state index contributed by atoms with van der Waals surface area (Å²) in [5, 5.41) is 16.2. The molecule has 8 nitrogen and oxygen atoms in total. The van der Waals surface area contributed by atoms with Gasteiger partial charge in [0.15, 0.2) is 11.6 Å². The van der Waals surface area contributed by atoms with Crippen molar-refractivity contribution in [3.05, 3.63) is 73.3 Å². The normalized spacial score (nSPS) is 10.2. The lowest BCUT2D eigenvalue weighted by Crippen LogP contribution is -2.07. The summed E-state index contributed by atoms with van der Waals surface area (Å²) in [6.45, 7) is 3.39. The molecule has 0 saturated heterocycles. The molecule has 9 heteroatoms. The van der Waals surface area contributed by atoms with Gasteiger partial charge in [0.25, 0.3) is 0 Å². The van der Waals surface area contributed by atoms with E-state index in [0.29, 0.717) is 11.4 Å². The molecule has 0 aliphatic heterocycles. The second-order valence-corrected chi connectivity index (χ2v) is 5.93. The van der Waals surface area contributed by atoms with Crippen LogP contribution in [0, 0.1) is 17.9 Å². The molecule has 4 N–H and O–H groups in total. The fourth-order valence-electron chi connectivity index (χ4n) is 2.55. The lowest BCUT2D eigenvalue weighted by Gasteiger charge is -2.09. The van der Waals surface area contributed by atoms with Crippen LogP contribution in [0.4, 0.5) is 33.2 Å². The van der Waals surface area contributed by atoms with Crippen LogP contribution in [-0.4, -0.2) is 26.1 Å². The summed E-state index contributed by atoms with van der Waals surface area (Å²) >= 11 is 0. The number of carbonyl (C=O) groups excluding carboxylic acids is 1. The highest BCUT2D eigenvalue weighted by Gasteiger charge is 2.09. The molecule has 4 aromatic rings. The summed E-state index contributed by atoms with van der Waals surface area (Å²) in [5.41, 5.74) is 2.45. The van der Waals surface area contributed by atoms with Crippen molar-refractivity contribution in [1.82, 2.24) is 20.2 Å². The Bertz CT molecular complexity index is 1200. The molecular formula is C20H14FN7O. The number of rotatable bonds is 6. The van der Waals surface area contributed by atoms with Crippen molar-refractivity contribution in [2.24, 2.45) is 0 Å². The summed E-state index contributed by atoms with van der Waals surface area (Å²) in [4.78, 5) is 19.6. The largest absolute Gasteiger partial charge is 0.331 e. The van der Waals surface area contributed by atoms with E-state index in [9.17, 15) is 9.18 Å². The second kappa shape index (κ2) is 7.66. The van der Waals surface area contributed by atoms with Gasteiger partial charge >= 0.3 is 0 Å². The summed E-state index contributed by atoms with van der Waals surface area (Å²) in [7, 11) is 0. The minimum absolute atomic E-state index is 0.0521. The van der Waals surface area contributed by atoms with Crippen molar-refractivity contribution >= 4 is 45.6 Å². The van der Waals surface area contributed by atoms with Crippen LogP contribution in [0.3, 0.4) is 0 Å². The van der Waals surface area contributed by atoms with Crippen LogP contribution in [0.2, 0.25) is 0 Å². The number of H-pyrrole nitrogens is 1. The Morgan fingerprint density at radius 3 is 2.97 bits per heavy atom. The number of fused-ring (bicyclic) bond motifs is 1. The van der Waals surface area contributed by atoms with E-state index in [0.717, 1.165) is 28.9 Å². The number of amides is 1. The molecule has 0 radical (unpaired) electrons. The molecule has 0 saturated carbocycles. The predicted octanol–water partition coefficient (Wildman–Crippen LogP) is 3.70. The Labute approximate surface area is 164 Å². The number of carbonyl (C=O) groups is 1. The predicted molar refractivity (Wildman–Crippen MR) is 108 cm³/mol. The average molecular weight is 387 g/mol. The monoisotopic (exact) mass is 387 g/mol. The Balaban J connectivity index is 1.54. The fourth-order valence-corrected chi connectivity index (χ4v) is 2.55.